The highest BCUT2D eigenvalue weighted by molar-refractivity contribution is 5.68. The fourth-order valence-corrected chi connectivity index (χ4v) is 3.77. The highest BCUT2D eigenvalue weighted by Gasteiger charge is 2.24. The molecule has 1 atom stereocenters. The Labute approximate surface area is 187 Å². The molecule has 0 saturated heterocycles. The molecular formula is C23H29N7O2. The normalized spacial score (nSPS) is 16.1. The lowest BCUT2D eigenvalue weighted by Crippen LogP contribution is -2.35. The lowest BCUT2D eigenvalue weighted by molar-refractivity contribution is 0.0501. The first-order valence-corrected chi connectivity index (χ1v) is 10.8. The molecule has 3 aromatic heterocycles. The van der Waals surface area contributed by atoms with Crippen molar-refractivity contribution in [3.63, 3.8) is 0 Å². The Morgan fingerprint density at radius 3 is 2.78 bits per heavy atom. The average molecular weight is 436 g/mol. The van der Waals surface area contributed by atoms with Gasteiger partial charge in [-0.2, -0.15) is 5.10 Å². The minimum absolute atomic E-state index is 0.114. The number of aromatic nitrogens is 5. The SMILES string of the molecule is Cn1cc(Nc2nccc(-c3cc4c(cn3)C(NC(=O)OC(C)(C)C)CCCC4)n2)cn1. The van der Waals surface area contributed by atoms with Crippen LogP contribution in [0, 0.1) is 0 Å². The van der Waals surface area contributed by atoms with Crippen LogP contribution in [0.2, 0.25) is 0 Å². The summed E-state index contributed by atoms with van der Waals surface area (Å²) >= 11 is 0. The van der Waals surface area contributed by atoms with E-state index >= 15 is 0 Å². The van der Waals surface area contributed by atoms with E-state index in [1.54, 1.807) is 17.1 Å². The smallest absolute Gasteiger partial charge is 0.408 e. The first-order valence-electron chi connectivity index (χ1n) is 10.8. The zero-order valence-corrected chi connectivity index (χ0v) is 18.9. The van der Waals surface area contributed by atoms with Gasteiger partial charge in [-0.3, -0.25) is 9.67 Å². The molecule has 0 fully saturated rings. The van der Waals surface area contributed by atoms with Gasteiger partial charge in [0.25, 0.3) is 0 Å². The zero-order valence-electron chi connectivity index (χ0n) is 18.9. The maximum atomic E-state index is 12.3. The summed E-state index contributed by atoms with van der Waals surface area (Å²) in [6.07, 6.45) is 10.6. The maximum Gasteiger partial charge on any atom is 0.408 e. The van der Waals surface area contributed by atoms with E-state index < -0.39 is 11.7 Å². The third kappa shape index (κ3) is 5.40. The molecule has 4 rings (SSSR count). The number of carbonyl (C=O) groups excluding carboxylic acids is 1. The topological polar surface area (TPSA) is 107 Å². The number of carbonyl (C=O) groups is 1. The van der Waals surface area contributed by atoms with Crippen molar-refractivity contribution in [3.8, 4) is 11.4 Å². The number of ether oxygens (including phenoxy) is 1. The van der Waals surface area contributed by atoms with Gasteiger partial charge in [-0.1, -0.05) is 6.42 Å². The van der Waals surface area contributed by atoms with Crippen molar-refractivity contribution in [2.45, 2.75) is 58.1 Å². The van der Waals surface area contributed by atoms with Crippen molar-refractivity contribution in [1.82, 2.24) is 30.0 Å². The predicted molar refractivity (Wildman–Crippen MR) is 121 cm³/mol. The highest BCUT2D eigenvalue weighted by atomic mass is 16.6. The van der Waals surface area contributed by atoms with Crippen LogP contribution in [0.4, 0.5) is 16.4 Å². The third-order valence-electron chi connectivity index (χ3n) is 5.16. The summed E-state index contributed by atoms with van der Waals surface area (Å²) in [7, 11) is 1.85. The van der Waals surface area contributed by atoms with Gasteiger partial charge in [0.2, 0.25) is 5.95 Å². The number of pyridine rings is 1. The van der Waals surface area contributed by atoms with Crippen molar-refractivity contribution in [2.24, 2.45) is 7.05 Å². The number of rotatable bonds is 4. The summed E-state index contributed by atoms with van der Waals surface area (Å²) < 4.78 is 7.16. The summed E-state index contributed by atoms with van der Waals surface area (Å²) in [4.78, 5) is 25.9. The monoisotopic (exact) mass is 435 g/mol. The van der Waals surface area contributed by atoms with Gasteiger partial charge in [0, 0.05) is 25.6 Å². The summed E-state index contributed by atoms with van der Waals surface area (Å²) in [5, 5.41) is 10.3. The first-order chi connectivity index (χ1) is 15.3. The highest BCUT2D eigenvalue weighted by Crippen LogP contribution is 2.31. The largest absolute Gasteiger partial charge is 0.444 e. The molecular weight excluding hydrogens is 406 g/mol. The van der Waals surface area contributed by atoms with Crippen molar-refractivity contribution in [3.05, 3.63) is 48.0 Å². The Bertz CT molecular complexity index is 1100. The van der Waals surface area contributed by atoms with Gasteiger partial charge in [-0.05, 0) is 63.3 Å². The molecule has 0 aromatic carbocycles. The molecule has 3 heterocycles. The van der Waals surface area contributed by atoms with Crippen LogP contribution in [0.15, 0.2) is 36.9 Å². The molecule has 0 spiro atoms. The van der Waals surface area contributed by atoms with Crippen molar-refractivity contribution < 1.29 is 9.53 Å². The van der Waals surface area contributed by atoms with E-state index in [4.69, 9.17) is 4.74 Å². The van der Waals surface area contributed by atoms with Crippen LogP contribution in [-0.4, -0.2) is 36.4 Å². The molecule has 9 heteroatoms. The summed E-state index contributed by atoms with van der Waals surface area (Å²) in [6, 6.07) is 3.80. The molecule has 1 aliphatic carbocycles. The number of nitrogens with one attached hydrogen (secondary N) is 2. The molecule has 32 heavy (non-hydrogen) atoms. The van der Waals surface area contributed by atoms with Crippen molar-refractivity contribution in [2.75, 3.05) is 5.32 Å². The maximum absolute atomic E-state index is 12.3. The third-order valence-corrected chi connectivity index (χ3v) is 5.16. The van der Waals surface area contributed by atoms with Crippen LogP contribution < -0.4 is 10.6 Å². The lowest BCUT2D eigenvalue weighted by atomic mass is 10.00. The van der Waals surface area contributed by atoms with Gasteiger partial charge >= 0.3 is 6.09 Å². The van der Waals surface area contributed by atoms with E-state index in [9.17, 15) is 4.79 Å². The number of aryl methyl sites for hydroxylation is 2. The van der Waals surface area contributed by atoms with E-state index in [2.05, 4.69) is 36.8 Å². The summed E-state index contributed by atoms with van der Waals surface area (Å²) in [5.41, 5.74) is 4.01. The Balaban J connectivity index is 1.56. The van der Waals surface area contributed by atoms with Crippen LogP contribution >= 0.6 is 0 Å². The summed E-state index contributed by atoms with van der Waals surface area (Å²) in [5.74, 6) is 0.483. The Morgan fingerprint density at radius 2 is 2.03 bits per heavy atom. The van der Waals surface area contributed by atoms with Gasteiger partial charge in [-0.25, -0.2) is 14.8 Å². The number of amides is 1. The molecule has 1 aliphatic rings. The molecule has 0 radical (unpaired) electrons. The number of hydrogen-bond donors (Lipinski definition) is 2. The second kappa shape index (κ2) is 8.94. The Hall–Kier alpha value is -3.49. The number of anilines is 2. The van der Waals surface area contributed by atoms with Gasteiger partial charge < -0.3 is 15.4 Å². The van der Waals surface area contributed by atoms with Gasteiger partial charge in [0.15, 0.2) is 0 Å². The van der Waals surface area contributed by atoms with Crippen LogP contribution in [0.25, 0.3) is 11.4 Å². The predicted octanol–water partition coefficient (Wildman–Crippen LogP) is 4.31. The second-order valence-electron chi connectivity index (χ2n) is 9.01. The standard InChI is InChI=1S/C23H29N7O2/c1-23(2,3)32-22(31)29-18-8-6-5-7-15-11-20(25-13-17(15)18)19-9-10-24-21(28-19)27-16-12-26-30(4)14-16/h9-14,18H,5-8H2,1-4H3,(H,29,31)(H,24,27,28). The molecule has 9 nitrogen and oxygen atoms in total. The summed E-state index contributed by atoms with van der Waals surface area (Å²) in [6.45, 7) is 5.59. The number of alkyl carbamates (subject to hydrolysis) is 1. The van der Waals surface area contributed by atoms with E-state index in [-0.39, 0.29) is 6.04 Å². The molecule has 1 unspecified atom stereocenters. The molecule has 0 aliphatic heterocycles. The van der Waals surface area contributed by atoms with E-state index in [0.29, 0.717) is 5.95 Å². The molecule has 1 amide bonds. The molecule has 0 bridgehead atoms. The number of fused-ring (bicyclic) bond motifs is 1. The molecule has 168 valence electrons. The minimum Gasteiger partial charge on any atom is -0.444 e. The lowest BCUT2D eigenvalue weighted by Gasteiger charge is -2.24. The minimum atomic E-state index is -0.533. The molecule has 0 saturated carbocycles. The number of hydrogen-bond acceptors (Lipinski definition) is 7. The Kier molecular flexibility index (Phi) is 6.07. The van der Waals surface area contributed by atoms with Crippen molar-refractivity contribution in [1.29, 1.82) is 0 Å². The number of nitrogens with zero attached hydrogens (tertiary/aromatic N) is 5. The van der Waals surface area contributed by atoms with E-state index in [1.807, 2.05) is 46.3 Å². The van der Waals surface area contributed by atoms with E-state index in [1.165, 1.54) is 5.56 Å². The van der Waals surface area contributed by atoms with E-state index in [0.717, 1.165) is 48.3 Å². The van der Waals surface area contributed by atoms with Crippen molar-refractivity contribution >= 4 is 17.7 Å². The first kappa shape index (κ1) is 21.7. The van der Waals surface area contributed by atoms with Crippen LogP contribution in [0.5, 0.6) is 0 Å². The fraction of sp³-hybridized carbons (Fsp3) is 0.435. The van der Waals surface area contributed by atoms with Crippen LogP contribution in [0.3, 0.4) is 0 Å². The fourth-order valence-electron chi connectivity index (χ4n) is 3.77. The second-order valence-corrected chi connectivity index (χ2v) is 9.01. The van der Waals surface area contributed by atoms with Gasteiger partial charge in [0.1, 0.15) is 5.60 Å². The van der Waals surface area contributed by atoms with Crippen LogP contribution in [-0.2, 0) is 18.2 Å². The quantitative estimate of drug-likeness (QED) is 0.588. The molecule has 2 N–H and O–H groups in total. The zero-order chi connectivity index (χ0) is 22.7. The molecule has 3 aromatic rings. The van der Waals surface area contributed by atoms with Crippen LogP contribution in [0.1, 0.15) is 57.2 Å². The van der Waals surface area contributed by atoms with Gasteiger partial charge in [-0.15, -0.1) is 0 Å². The Morgan fingerprint density at radius 1 is 1.19 bits per heavy atom. The van der Waals surface area contributed by atoms with Gasteiger partial charge in [0.05, 0.1) is 29.3 Å². The average Bonchev–Trinajstić information content (AvgIpc) is 3.02.